The number of ether oxygens (including phenoxy) is 1. The van der Waals surface area contributed by atoms with Crippen LogP contribution in [-0.4, -0.2) is 35.9 Å². The number of hydrogen-bond acceptors (Lipinski definition) is 5. The molecule has 0 spiro atoms. The molecule has 2 rings (SSSR count). The van der Waals surface area contributed by atoms with Gasteiger partial charge in [-0.1, -0.05) is 13.8 Å². The average molecular weight is 308 g/mol. The molecule has 0 aliphatic carbocycles. The van der Waals surface area contributed by atoms with Gasteiger partial charge >= 0.3 is 0 Å². The van der Waals surface area contributed by atoms with Gasteiger partial charge in [-0.15, -0.1) is 10.2 Å². The monoisotopic (exact) mass is 307 g/mol. The fraction of sp³-hybridized carbons (Fsp3) is 0.818. The molecule has 19 heavy (non-hydrogen) atoms. The highest BCUT2D eigenvalue weighted by Crippen LogP contribution is 2.20. The summed E-state index contributed by atoms with van der Waals surface area (Å²) >= 11 is 0. The van der Waals surface area contributed by atoms with E-state index in [1.807, 2.05) is 13.8 Å². The molecule has 108 valence electrons. The Labute approximate surface area is 117 Å². The summed E-state index contributed by atoms with van der Waals surface area (Å²) in [5.41, 5.74) is 0. The summed E-state index contributed by atoms with van der Waals surface area (Å²) < 4.78 is 30.1. The minimum Gasteiger partial charge on any atom is -0.378 e. The molecule has 2 heterocycles. The van der Waals surface area contributed by atoms with Crippen molar-refractivity contribution in [2.24, 2.45) is 5.92 Å². The Bertz CT molecular complexity index is 535. The average Bonchev–Trinajstić information content (AvgIpc) is 2.88. The maximum absolute atomic E-state index is 11.5. The summed E-state index contributed by atoms with van der Waals surface area (Å²) in [6.45, 7) is 5.28. The minimum atomic E-state index is -3.87. The standard InChI is InChI=1S/C11H18ClN3O3S/c1-8(2)7-15-10(6-9-4-3-5-18-9)13-14-11(15)19(12,16)17/h8-9H,3-7H2,1-2H3. The Kier molecular flexibility index (Phi) is 4.47. The molecular formula is C11H18ClN3O3S. The minimum absolute atomic E-state index is 0.0981. The molecule has 6 nitrogen and oxygen atoms in total. The zero-order valence-corrected chi connectivity index (χ0v) is 12.6. The first-order chi connectivity index (χ1) is 8.88. The summed E-state index contributed by atoms with van der Waals surface area (Å²) in [6, 6.07) is 0. The van der Waals surface area contributed by atoms with Crippen LogP contribution in [0.25, 0.3) is 0 Å². The SMILES string of the molecule is CC(C)Cn1c(CC2CCCO2)nnc1S(=O)(=O)Cl. The summed E-state index contributed by atoms with van der Waals surface area (Å²) in [4.78, 5) is 0. The first kappa shape index (κ1) is 14.7. The Morgan fingerprint density at radius 3 is 2.74 bits per heavy atom. The molecule has 0 N–H and O–H groups in total. The van der Waals surface area contributed by atoms with Gasteiger partial charge in [-0.05, 0) is 18.8 Å². The van der Waals surface area contributed by atoms with E-state index in [2.05, 4.69) is 10.2 Å². The number of hydrogen-bond donors (Lipinski definition) is 0. The first-order valence-electron chi connectivity index (χ1n) is 6.36. The zero-order chi connectivity index (χ0) is 14.0. The predicted molar refractivity (Wildman–Crippen MR) is 70.6 cm³/mol. The van der Waals surface area contributed by atoms with Crippen molar-refractivity contribution in [1.82, 2.24) is 14.8 Å². The second-order valence-electron chi connectivity index (χ2n) is 5.18. The van der Waals surface area contributed by atoms with E-state index in [0.717, 1.165) is 19.4 Å². The molecule has 1 unspecified atom stereocenters. The van der Waals surface area contributed by atoms with Gasteiger partial charge < -0.3 is 9.30 Å². The van der Waals surface area contributed by atoms with Crippen LogP contribution in [0.4, 0.5) is 0 Å². The Balaban J connectivity index is 2.29. The van der Waals surface area contributed by atoms with Crippen molar-refractivity contribution >= 4 is 19.7 Å². The van der Waals surface area contributed by atoms with Crippen LogP contribution < -0.4 is 0 Å². The molecule has 0 bridgehead atoms. The van der Waals surface area contributed by atoms with E-state index >= 15 is 0 Å². The molecule has 0 saturated carbocycles. The van der Waals surface area contributed by atoms with Gasteiger partial charge in [-0.2, -0.15) is 0 Å². The van der Waals surface area contributed by atoms with Crippen LogP contribution in [-0.2, 0) is 26.8 Å². The van der Waals surface area contributed by atoms with Crippen molar-refractivity contribution in [2.75, 3.05) is 6.61 Å². The van der Waals surface area contributed by atoms with E-state index < -0.39 is 9.05 Å². The predicted octanol–water partition coefficient (Wildman–Crippen LogP) is 1.58. The fourth-order valence-electron chi connectivity index (χ4n) is 2.21. The van der Waals surface area contributed by atoms with Gasteiger partial charge in [0.1, 0.15) is 5.82 Å². The fourth-order valence-corrected chi connectivity index (χ4v) is 3.13. The van der Waals surface area contributed by atoms with Gasteiger partial charge in [0, 0.05) is 30.3 Å². The van der Waals surface area contributed by atoms with E-state index in [-0.39, 0.29) is 17.2 Å². The first-order valence-corrected chi connectivity index (χ1v) is 8.67. The van der Waals surface area contributed by atoms with Gasteiger partial charge in [0.25, 0.3) is 14.2 Å². The van der Waals surface area contributed by atoms with Crippen LogP contribution in [0.5, 0.6) is 0 Å². The van der Waals surface area contributed by atoms with Crippen molar-refractivity contribution in [2.45, 2.75) is 50.9 Å². The lowest BCUT2D eigenvalue weighted by atomic mass is 10.1. The second-order valence-corrected chi connectivity index (χ2v) is 7.64. The van der Waals surface area contributed by atoms with E-state index in [4.69, 9.17) is 15.4 Å². The smallest absolute Gasteiger partial charge is 0.296 e. The van der Waals surface area contributed by atoms with Gasteiger partial charge in [-0.25, -0.2) is 8.42 Å². The van der Waals surface area contributed by atoms with Crippen LogP contribution in [0.15, 0.2) is 5.16 Å². The number of nitrogens with zero attached hydrogens (tertiary/aromatic N) is 3. The highest BCUT2D eigenvalue weighted by molar-refractivity contribution is 8.13. The Morgan fingerprint density at radius 1 is 1.47 bits per heavy atom. The van der Waals surface area contributed by atoms with Crippen LogP contribution in [0.2, 0.25) is 0 Å². The van der Waals surface area contributed by atoms with E-state index in [0.29, 0.717) is 18.8 Å². The molecule has 1 fully saturated rings. The highest BCUT2D eigenvalue weighted by atomic mass is 35.7. The van der Waals surface area contributed by atoms with Crippen LogP contribution >= 0.6 is 10.7 Å². The van der Waals surface area contributed by atoms with Crippen molar-refractivity contribution in [3.8, 4) is 0 Å². The molecule has 1 atom stereocenters. The lowest BCUT2D eigenvalue weighted by Gasteiger charge is -2.13. The summed E-state index contributed by atoms with van der Waals surface area (Å²) in [7, 11) is 1.52. The van der Waals surface area contributed by atoms with Crippen LogP contribution in [0, 0.1) is 5.92 Å². The van der Waals surface area contributed by atoms with Crippen molar-refractivity contribution in [1.29, 1.82) is 0 Å². The molecule has 1 aliphatic rings. The molecular weight excluding hydrogens is 290 g/mol. The van der Waals surface area contributed by atoms with Crippen LogP contribution in [0.3, 0.4) is 0 Å². The lowest BCUT2D eigenvalue weighted by Crippen LogP contribution is -2.18. The zero-order valence-electron chi connectivity index (χ0n) is 11.0. The molecule has 0 amide bonds. The molecule has 1 aromatic rings. The van der Waals surface area contributed by atoms with Gasteiger partial charge in [-0.3, -0.25) is 0 Å². The molecule has 1 saturated heterocycles. The van der Waals surface area contributed by atoms with Gasteiger partial charge in [0.2, 0.25) is 0 Å². The Hall–Kier alpha value is -0.660. The topological polar surface area (TPSA) is 74.1 Å². The number of rotatable bonds is 5. The largest absolute Gasteiger partial charge is 0.378 e. The third-order valence-corrected chi connectivity index (χ3v) is 4.15. The highest BCUT2D eigenvalue weighted by Gasteiger charge is 2.26. The van der Waals surface area contributed by atoms with Crippen LogP contribution in [0.1, 0.15) is 32.5 Å². The van der Waals surface area contributed by atoms with Crippen molar-refractivity contribution in [3.05, 3.63) is 5.82 Å². The summed E-state index contributed by atoms with van der Waals surface area (Å²) in [6.07, 6.45) is 2.67. The lowest BCUT2D eigenvalue weighted by molar-refractivity contribution is 0.108. The normalized spacial score (nSPS) is 20.3. The maximum atomic E-state index is 11.5. The van der Waals surface area contributed by atoms with E-state index in [1.165, 1.54) is 0 Å². The molecule has 8 heteroatoms. The van der Waals surface area contributed by atoms with Gasteiger partial charge in [0.15, 0.2) is 0 Å². The maximum Gasteiger partial charge on any atom is 0.296 e. The third-order valence-electron chi connectivity index (χ3n) is 2.99. The van der Waals surface area contributed by atoms with Crippen molar-refractivity contribution < 1.29 is 13.2 Å². The molecule has 0 aromatic carbocycles. The quantitative estimate of drug-likeness (QED) is 0.772. The summed E-state index contributed by atoms with van der Waals surface area (Å²) in [5, 5.41) is 7.52. The van der Waals surface area contributed by atoms with E-state index in [1.54, 1.807) is 4.57 Å². The van der Waals surface area contributed by atoms with Gasteiger partial charge in [0.05, 0.1) is 6.10 Å². The van der Waals surface area contributed by atoms with E-state index in [9.17, 15) is 8.42 Å². The van der Waals surface area contributed by atoms with Crippen molar-refractivity contribution in [3.63, 3.8) is 0 Å². The molecule has 1 aliphatic heterocycles. The Morgan fingerprint density at radius 2 is 2.21 bits per heavy atom. The third kappa shape index (κ3) is 3.67. The molecule has 1 aromatic heterocycles. The molecule has 0 radical (unpaired) electrons. The summed E-state index contributed by atoms with van der Waals surface area (Å²) in [5.74, 6) is 0.899. The number of halogens is 1. The second kappa shape index (κ2) is 5.76. The number of aromatic nitrogens is 3.